The lowest BCUT2D eigenvalue weighted by molar-refractivity contribution is -0.169. The Hall–Kier alpha value is -1.47. The molecular formula is C22H27ClO5. The summed E-state index contributed by atoms with van der Waals surface area (Å²) in [7, 11) is 0. The molecule has 5 nitrogen and oxygen atoms in total. The molecule has 5 N–H and O–H groups in total. The second kappa shape index (κ2) is 8.91. The normalized spacial score (nSPS) is 30.4. The lowest BCUT2D eigenvalue weighted by atomic mass is 9.70. The molecule has 0 heterocycles. The van der Waals surface area contributed by atoms with Crippen LogP contribution in [0, 0.1) is 5.92 Å². The second-order valence-electron chi connectivity index (χ2n) is 7.53. The van der Waals surface area contributed by atoms with E-state index in [1.807, 2.05) is 18.2 Å². The SMILES string of the molecule is CCc1ccc(Cc2cc(C3C(O)C(O)C(O)C(CO)C3O)ccc2Cl)cc1. The number of halogens is 1. The number of aliphatic hydroxyl groups excluding tert-OH is 5. The topological polar surface area (TPSA) is 101 Å². The van der Waals surface area contributed by atoms with Gasteiger partial charge < -0.3 is 25.5 Å². The summed E-state index contributed by atoms with van der Waals surface area (Å²) in [5, 5.41) is 51.4. The maximum absolute atomic E-state index is 10.6. The van der Waals surface area contributed by atoms with Crippen LogP contribution in [0.1, 0.15) is 35.1 Å². The summed E-state index contributed by atoms with van der Waals surface area (Å²) in [5.74, 6) is -1.78. The number of hydrogen-bond acceptors (Lipinski definition) is 5. The Labute approximate surface area is 169 Å². The van der Waals surface area contributed by atoms with E-state index < -0.39 is 42.9 Å². The van der Waals surface area contributed by atoms with Crippen LogP contribution in [-0.2, 0) is 12.8 Å². The average molecular weight is 407 g/mol. The molecule has 2 aromatic carbocycles. The van der Waals surface area contributed by atoms with Crippen molar-refractivity contribution in [3.05, 3.63) is 69.7 Å². The molecule has 1 fully saturated rings. The van der Waals surface area contributed by atoms with Gasteiger partial charge in [-0.25, -0.2) is 0 Å². The van der Waals surface area contributed by atoms with Crippen molar-refractivity contribution in [3.8, 4) is 0 Å². The van der Waals surface area contributed by atoms with Gasteiger partial charge in [-0.15, -0.1) is 0 Å². The van der Waals surface area contributed by atoms with Crippen molar-refractivity contribution in [1.82, 2.24) is 0 Å². The van der Waals surface area contributed by atoms with E-state index in [2.05, 4.69) is 19.1 Å². The highest BCUT2D eigenvalue weighted by molar-refractivity contribution is 6.31. The lowest BCUT2D eigenvalue weighted by Gasteiger charge is -2.43. The molecule has 0 radical (unpaired) electrons. The maximum atomic E-state index is 10.6. The molecule has 152 valence electrons. The van der Waals surface area contributed by atoms with Crippen molar-refractivity contribution in [3.63, 3.8) is 0 Å². The Bertz CT molecular complexity index is 794. The quantitative estimate of drug-likeness (QED) is 0.519. The molecule has 1 aliphatic rings. The highest BCUT2D eigenvalue weighted by atomic mass is 35.5. The van der Waals surface area contributed by atoms with Gasteiger partial charge in [0.25, 0.3) is 0 Å². The predicted molar refractivity (Wildman–Crippen MR) is 107 cm³/mol. The van der Waals surface area contributed by atoms with E-state index in [1.54, 1.807) is 12.1 Å². The van der Waals surface area contributed by atoms with Crippen LogP contribution < -0.4 is 0 Å². The Morgan fingerprint density at radius 3 is 2.07 bits per heavy atom. The van der Waals surface area contributed by atoms with E-state index in [1.165, 1.54) is 5.56 Å². The summed E-state index contributed by atoms with van der Waals surface area (Å²) in [6, 6.07) is 13.5. The maximum Gasteiger partial charge on any atom is 0.107 e. The molecule has 0 amide bonds. The van der Waals surface area contributed by atoms with Gasteiger partial charge in [0.15, 0.2) is 0 Å². The molecule has 0 bridgehead atoms. The van der Waals surface area contributed by atoms with Crippen LogP contribution in [0.5, 0.6) is 0 Å². The third-order valence-corrected chi connectivity index (χ3v) is 6.17. The van der Waals surface area contributed by atoms with Gasteiger partial charge in [0.1, 0.15) is 6.10 Å². The Balaban J connectivity index is 1.90. The van der Waals surface area contributed by atoms with Crippen LogP contribution in [0.4, 0.5) is 0 Å². The minimum Gasteiger partial charge on any atom is -0.396 e. The summed E-state index contributed by atoms with van der Waals surface area (Å²) >= 11 is 6.37. The molecule has 6 heteroatoms. The summed E-state index contributed by atoms with van der Waals surface area (Å²) in [6.45, 7) is 1.61. The number of rotatable bonds is 5. The number of aryl methyl sites for hydroxylation is 1. The zero-order chi connectivity index (χ0) is 20.4. The lowest BCUT2D eigenvalue weighted by Crippen LogP contribution is -2.58. The third-order valence-electron chi connectivity index (χ3n) is 5.80. The summed E-state index contributed by atoms with van der Waals surface area (Å²) in [6.07, 6.45) is -3.85. The highest BCUT2D eigenvalue weighted by Gasteiger charge is 2.48. The average Bonchev–Trinajstić information content (AvgIpc) is 2.70. The fourth-order valence-corrected chi connectivity index (χ4v) is 4.18. The first kappa shape index (κ1) is 21.2. The molecule has 2 aromatic rings. The van der Waals surface area contributed by atoms with Crippen LogP contribution in [0.25, 0.3) is 0 Å². The van der Waals surface area contributed by atoms with Crippen LogP contribution in [0.15, 0.2) is 42.5 Å². The first-order chi connectivity index (χ1) is 13.4. The molecule has 0 aromatic heterocycles. The minimum absolute atomic E-state index is 0.493. The molecule has 0 saturated heterocycles. The van der Waals surface area contributed by atoms with Crippen LogP contribution in [0.3, 0.4) is 0 Å². The number of aliphatic hydroxyl groups is 5. The van der Waals surface area contributed by atoms with Crippen molar-refractivity contribution in [2.75, 3.05) is 6.61 Å². The minimum atomic E-state index is -1.45. The summed E-state index contributed by atoms with van der Waals surface area (Å²) in [4.78, 5) is 0. The number of benzene rings is 2. The van der Waals surface area contributed by atoms with Crippen LogP contribution in [0.2, 0.25) is 5.02 Å². The Kier molecular flexibility index (Phi) is 6.76. The van der Waals surface area contributed by atoms with E-state index >= 15 is 0 Å². The van der Waals surface area contributed by atoms with Crippen molar-refractivity contribution in [2.24, 2.45) is 5.92 Å². The monoisotopic (exact) mass is 406 g/mol. The molecule has 6 unspecified atom stereocenters. The molecule has 1 aliphatic carbocycles. The molecule has 0 spiro atoms. The van der Waals surface area contributed by atoms with Gasteiger partial charge in [0.05, 0.1) is 24.9 Å². The second-order valence-corrected chi connectivity index (χ2v) is 7.94. The summed E-state index contributed by atoms with van der Waals surface area (Å²) in [5.41, 5.74) is 3.78. The molecule has 1 saturated carbocycles. The van der Waals surface area contributed by atoms with Crippen LogP contribution >= 0.6 is 11.6 Å². The molecule has 28 heavy (non-hydrogen) atoms. The van der Waals surface area contributed by atoms with Gasteiger partial charge in [0.2, 0.25) is 0 Å². The third kappa shape index (κ3) is 4.10. The zero-order valence-corrected chi connectivity index (χ0v) is 16.5. The van der Waals surface area contributed by atoms with E-state index in [9.17, 15) is 25.5 Å². The fourth-order valence-electron chi connectivity index (χ4n) is 4.00. The first-order valence-corrected chi connectivity index (χ1v) is 9.94. The fraction of sp³-hybridized carbons (Fsp3) is 0.455. The van der Waals surface area contributed by atoms with Crippen molar-refractivity contribution < 1.29 is 25.5 Å². The molecule has 6 atom stereocenters. The first-order valence-electron chi connectivity index (χ1n) is 9.56. The van der Waals surface area contributed by atoms with E-state index in [4.69, 9.17) is 11.6 Å². The van der Waals surface area contributed by atoms with Gasteiger partial charge in [-0.05, 0) is 41.2 Å². The molecular weight excluding hydrogens is 380 g/mol. The molecule has 0 aliphatic heterocycles. The highest BCUT2D eigenvalue weighted by Crippen LogP contribution is 2.38. The van der Waals surface area contributed by atoms with Gasteiger partial charge >= 0.3 is 0 Å². The molecule has 3 rings (SSSR count). The van der Waals surface area contributed by atoms with Crippen molar-refractivity contribution in [1.29, 1.82) is 0 Å². The summed E-state index contributed by atoms with van der Waals surface area (Å²) < 4.78 is 0. The number of hydrogen-bond donors (Lipinski definition) is 5. The van der Waals surface area contributed by atoms with Crippen LogP contribution in [-0.4, -0.2) is 56.6 Å². The van der Waals surface area contributed by atoms with E-state index in [-0.39, 0.29) is 0 Å². The smallest absolute Gasteiger partial charge is 0.107 e. The Morgan fingerprint density at radius 1 is 0.821 bits per heavy atom. The van der Waals surface area contributed by atoms with Crippen molar-refractivity contribution >= 4 is 11.6 Å². The Morgan fingerprint density at radius 2 is 1.46 bits per heavy atom. The predicted octanol–water partition coefficient (Wildman–Crippen LogP) is 1.64. The standard InChI is InChI=1S/C22H27ClO5/c1-2-12-3-5-13(6-4-12)9-15-10-14(7-8-17(15)23)18-19(25)16(11-24)20(26)22(28)21(18)27/h3-8,10,16,18-22,24-28H,2,9,11H2,1H3. The van der Waals surface area contributed by atoms with E-state index in [0.29, 0.717) is 17.0 Å². The zero-order valence-electron chi connectivity index (χ0n) is 15.7. The van der Waals surface area contributed by atoms with Gasteiger partial charge in [-0.1, -0.05) is 54.9 Å². The largest absolute Gasteiger partial charge is 0.396 e. The van der Waals surface area contributed by atoms with Crippen molar-refractivity contribution in [2.45, 2.75) is 50.1 Å². The van der Waals surface area contributed by atoms with Gasteiger partial charge in [0, 0.05) is 16.9 Å². The van der Waals surface area contributed by atoms with Gasteiger partial charge in [-0.2, -0.15) is 0 Å². The van der Waals surface area contributed by atoms with E-state index in [0.717, 1.165) is 17.5 Å². The van der Waals surface area contributed by atoms with Gasteiger partial charge in [-0.3, -0.25) is 0 Å².